The van der Waals surface area contributed by atoms with E-state index < -0.39 is 11.7 Å². The van der Waals surface area contributed by atoms with Crippen LogP contribution in [0.5, 0.6) is 0 Å². The number of nitrogens with one attached hydrogen (secondary N) is 1. The van der Waals surface area contributed by atoms with Gasteiger partial charge < -0.3 is 5.32 Å². The Morgan fingerprint density at radius 3 is 2.76 bits per heavy atom. The van der Waals surface area contributed by atoms with Gasteiger partial charge in [0, 0.05) is 24.5 Å². The fourth-order valence-corrected chi connectivity index (χ4v) is 1.73. The van der Waals surface area contributed by atoms with E-state index in [9.17, 15) is 13.2 Å². The van der Waals surface area contributed by atoms with Gasteiger partial charge in [-0.05, 0) is 18.2 Å². The van der Waals surface area contributed by atoms with Crippen LogP contribution >= 0.6 is 0 Å². The molecule has 0 atom stereocenters. The highest BCUT2D eigenvalue weighted by Gasteiger charge is 2.31. The number of rotatable bonds is 4. The molecule has 1 aromatic carbocycles. The van der Waals surface area contributed by atoms with Crippen molar-refractivity contribution in [3.8, 4) is 6.07 Å². The van der Waals surface area contributed by atoms with Crippen LogP contribution in [0.15, 0.2) is 37.2 Å². The predicted molar refractivity (Wildman–Crippen MR) is 72.1 cm³/mol. The van der Waals surface area contributed by atoms with Crippen molar-refractivity contribution >= 4 is 11.9 Å². The van der Waals surface area contributed by atoms with E-state index >= 15 is 0 Å². The second-order valence-corrected chi connectivity index (χ2v) is 4.23. The normalized spacial score (nSPS) is 11.0. The van der Waals surface area contributed by atoms with Gasteiger partial charge in [-0.1, -0.05) is 6.58 Å². The van der Waals surface area contributed by atoms with Crippen LogP contribution < -0.4 is 5.32 Å². The average Bonchev–Trinajstić information content (AvgIpc) is 2.92. The van der Waals surface area contributed by atoms with Crippen molar-refractivity contribution in [1.82, 2.24) is 9.78 Å². The molecule has 0 fully saturated rings. The standard InChI is InChI=1S/C14H11F3N4/c1-2-21-9-10(8-20-21)7-19-13-4-3-12(14(15,16)17)5-11(13)6-18/h2-5,8-9,19H,1,7H2. The third-order valence-corrected chi connectivity index (χ3v) is 2.79. The summed E-state index contributed by atoms with van der Waals surface area (Å²) >= 11 is 0. The second-order valence-electron chi connectivity index (χ2n) is 4.23. The van der Waals surface area contributed by atoms with E-state index in [0.29, 0.717) is 12.2 Å². The molecule has 1 aromatic heterocycles. The number of alkyl halides is 3. The van der Waals surface area contributed by atoms with Crippen LogP contribution in [0, 0.1) is 11.3 Å². The molecule has 0 aliphatic rings. The lowest BCUT2D eigenvalue weighted by atomic mass is 10.1. The molecular weight excluding hydrogens is 281 g/mol. The molecule has 0 spiro atoms. The maximum atomic E-state index is 12.6. The second kappa shape index (κ2) is 5.71. The van der Waals surface area contributed by atoms with Crippen molar-refractivity contribution in [2.45, 2.75) is 12.7 Å². The van der Waals surface area contributed by atoms with Gasteiger partial charge in [0.2, 0.25) is 0 Å². The molecule has 1 heterocycles. The van der Waals surface area contributed by atoms with E-state index in [4.69, 9.17) is 5.26 Å². The van der Waals surface area contributed by atoms with Crippen molar-refractivity contribution in [2.24, 2.45) is 0 Å². The van der Waals surface area contributed by atoms with E-state index in [1.807, 2.05) is 0 Å². The van der Waals surface area contributed by atoms with Crippen LogP contribution in [0.1, 0.15) is 16.7 Å². The third-order valence-electron chi connectivity index (χ3n) is 2.79. The molecule has 0 aliphatic heterocycles. The first kappa shape index (κ1) is 14.7. The quantitative estimate of drug-likeness (QED) is 0.938. The van der Waals surface area contributed by atoms with Gasteiger partial charge in [0.15, 0.2) is 0 Å². The largest absolute Gasteiger partial charge is 0.416 e. The van der Waals surface area contributed by atoms with E-state index in [0.717, 1.165) is 17.7 Å². The summed E-state index contributed by atoms with van der Waals surface area (Å²) < 4.78 is 39.2. The van der Waals surface area contributed by atoms with Crippen molar-refractivity contribution in [2.75, 3.05) is 5.32 Å². The topological polar surface area (TPSA) is 53.6 Å². The number of aromatic nitrogens is 2. The van der Waals surface area contributed by atoms with Gasteiger partial charge in [-0.15, -0.1) is 0 Å². The molecule has 7 heteroatoms. The minimum absolute atomic E-state index is 0.0547. The lowest BCUT2D eigenvalue weighted by Crippen LogP contribution is -2.07. The maximum absolute atomic E-state index is 12.6. The molecule has 0 bridgehead atoms. The minimum Gasteiger partial charge on any atom is -0.380 e. The number of halogens is 3. The molecule has 108 valence electrons. The van der Waals surface area contributed by atoms with Crippen LogP contribution in [0.3, 0.4) is 0 Å². The number of nitrogens with zero attached hydrogens (tertiary/aromatic N) is 3. The maximum Gasteiger partial charge on any atom is 0.416 e. The van der Waals surface area contributed by atoms with Crippen molar-refractivity contribution < 1.29 is 13.2 Å². The predicted octanol–water partition coefficient (Wildman–Crippen LogP) is 3.49. The third kappa shape index (κ3) is 3.42. The molecule has 2 rings (SSSR count). The lowest BCUT2D eigenvalue weighted by Gasteiger charge is -2.11. The van der Waals surface area contributed by atoms with Crippen molar-refractivity contribution in [3.05, 3.63) is 53.9 Å². The van der Waals surface area contributed by atoms with Crippen LogP contribution in [0.4, 0.5) is 18.9 Å². The molecule has 21 heavy (non-hydrogen) atoms. The first-order chi connectivity index (χ1) is 9.94. The smallest absolute Gasteiger partial charge is 0.380 e. The van der Waals surface area contributed by atoms with Crippen molar-refractivity contribution in [3.63, 3.8) is 0 Å². The van der Waals surface area contributed by atoms with Crippen molar-refractivity contribution in [1.29, 1.82) is 5.26 Å². The molecule has 0 unspecified atom stereocenters. The molecule has 0 saturated carbocycles. The van der Waals surface area contributed by atoms with Crippen LogP contribution in [-0.2, 0) is 12.7 Å². The Balaban J connectivity index is 2.17. The van der Waals surface area contributed by atoms with E-state index in [1.54, 1.807) is 18.5 Å². The minimum atomic E-state index is -4.46. The number of benzene rings is 1. The molecule has 4 nitrogen and oxygen atoms in total. The SMILES string of the molecule is C=Cn1cc(CNc2ccc(C(F)(F)F)cc2C#N)cn1. The fourth-order valence-electron chi connectivity index (χ4n) is 1.73. The fraction of sp³-hybridized carbons (Fsp3) is 0.143. The zero-order valence-electron chi connectivity index (χ0n) is 10.9. The van der Waals surface area contributed by atoms with Gasteiger partial charge in [0.25, 0.3) is 0 Å². The Morgan fingerprint density at radius 1 is 1.43 bits per heavy atom. The Hall–Kier alpha value is -2.75. The number of hydrogen-bond acceptors (Lipinski definition) is 3. The molecule has 0 amide bonds. The van der Waals surface area contributed by atoms with Gasteiger partial charge in [-0.25, -0.2) is 4.68 Å². The molecule has 0 aliphatic carbocycles. The lowest BCUT2D eigenvalue weighted by molar-refractivity contribution is -0.137. The monoisotopic (exact) mass is 292 g/mol. The van der Waals surface area contributed by atoms with Gasteiger partial charge in [-0.2, -0.15) is 23.5 Å². The molecule has 0 saturated heterocycles. The Labute approximate surface area is 119 Å². The summed E-state index contributed by atoms with van der Waals surface area (Å²) in [5.74, 6) is 0. The molecule has 0 radical (unpaired) electrons. The van der Waals surface area contributed by atoms with Gasteiger partial charge >= 0.3 is 6.18 Å². The first-order valence-electron chi connectivity index (χ1n) is 5.95. The van der Waals surface area contributed by atoms with Gasteiger partial charge in [-0.3, -0.25) is 0 Å². The van der Waals surface area contributed by atoms with Crippen LogP contribution in [0.25, 0.3) is 6.20 Å². The Bertz CT molecular complexity index is 695. The Morgan fingerprint density at radius 2 is 2.19 bits per heavy atom. The molecule has 1 N–H and O–H groups in total. The summed E-state index contributed by atoms with van der Waals surface area (Å²) in [6, 6.07) is 4.78. The summed E-state index contributed by atoms with van der Waals surface area (Å²) in [6.07, 6.45) is 0.374. The Kier molecular flexibility index (Phi) is 3.98. The molecule has 2 aromatic rings. The summed E-state index contributed by atoms with van der Waals surface area (Å²) in [6.45, 7) is 3.89. The van der Waals surface area contributed by atoms with E-state index in [-0.39, 0.29) is 5.56 Å². The first-order valence-corrected chi connectivity index (χ1v) is 5.95. The van der Waals surface area contributed by atoms with Crippen LogP contribution in [-0.4, -0.2) is 9.78 Å². The number of hydrogen-bond donors (Lipinski definition) is 1. The summed E-state index contributed by atoms with van der Waals surface area (Å²) in [7, 11) is 0. The van der Waals surface area contributed by atoms with Gasteiger partial charge in [0.1, 0.15) is 6.07 Å². The highest BCUT2D eigenvalue weighted by Crippen LogP contribution is 2.31. The summed E-state index contributed by atoms with van der Waals surface area (Å²) in [5, 5.41) is 15.9. The number of anilines is 1. The van der Waals surface area contributed by atoms with E-state index in [2.05, 4.69) is 17.0 Å². The average molecular weight is 292 g/mol. The van der Waals surface area contributed by atoms with Gasteiger partial charge in [0.05, 0.1) is 23.0 Å². The van der Waals surface area contributed by atoms with E-state index in [1.165, 1.54) is 16.9 Å². The molecular formula is C14H11F3N4. The number of nitriles is 1. The highest BCUT2D eigenvalue weighted by atomic mass is 19.4. The summed E-state index contributed by atoms with van der Waals surface area (Å²) in [5.41, 5.74) is 0.264. The zero-order chi connectivity index (χ0) is 15.5. The van der Waals surface area contributed by atoms with Crippen LogP contribution in [0.2, 0.25) is 0 Å². The summed E-state index contributed by atoms with van der Waals surface area (Å²) in [4.78, 5) is 0. The zero-order valence-corrected chi connectivity index (χ0v) is 10.9. The highest BCUT2D eigenvalue weighted by molar-refractivity contribution is 5.59.